The molecule has 2 atom stereocenters. The van der Waals surface area contributed by atoms with Crippen LogP contribution in [0.2, 0.25) is 0 Å². The Morgan fingerprint density at radius 2 is 1.94 bits per heavy atom. The van der Waals surface area contributed by atoms with Gasteiger partial charge in [0, 0.05) is 12.1 Å². The van der Waals surface area contributed by atoms with Crippen LogP contribution < -0.4 is 5.32 Å². The highest BCUT2D eigenvalue weighted by molar-refractivity contribution is 5.96. The van der Waals surface area contributed by atoms with Crippen LogP contribution in [0.5, 0.6) is 0 Å². The van der Waals surface area contributed by atoms with E-state index in [-0.39, 0.29) is 11.0 Å². The molecule has 0 radical (unpaired) electrons. The van der Waals surface area contributed by atoms with Gasteiger partial charge >= 0.3 is 0 Å². The highest BCUT2D eigenvalue weighted by atomic mass is 16.1. The third kappa shape index (κ3) is 1.30. The van der Waals surface area contributed by atoms with Crippen LogP contribution in [0.1, 0.15) is 33.1 Å². The molecule has 0 aliphatic heterocycles. The van der Waals surface area contributed by atoms with Crippen molar-refractivity contribution in [2.75, 3.05) is 5.32 Å². The number of benzene rings is 1. The lowest BCUT2D eigenvalue weighted by Crippen LogP contribution is -2.50. The fraction of sp³-hybridized carbons (Fsp3) is 0.533. The number of fused-ring (bicyclic) bond motifs is 2. The molecule has 2 bridgehead atoms. The molecule has 2 heteroatoms. The number of nitrogens with one attached hydrogen (secondary N) is 1. The molecule has 2 nitrogen and oxygen atoms in total. The maximum atomic E-state index is 12.3. The summed E-state index contributed by atoms with van der Waals surface area (Å²) < 4.78 is 0. The molecule has 0 unspecified atom stereocenters. The van der Waals surface area contributed by atoms with Crippen molar-refractivity contribution in [3.63, 3.8) is 0 Å². The third-order valence-corrected chi connectivity index (χ3v) is 5.03. The highest BCUT2D eigenvalue weighted by Gasteiger charge is 2.64. The van der Waals surface area contributed by atoms with Crippen molar-refractivity contribution >= 4 is 11.5 Å². The van der Waals surface area contributed by atoms with Crippen LogP contribution in [-0.2, 0) is 4.79 Å². The molecule has 1 aromatic carbocycles. The maximum absolute atomic E-state index is 12.3. The first kappa shape index (κ1) is 10.8. The number of ketones is 1. The third-order valence-electron chi connectivity index (χ3n) is 5.03. The second kappa shape index (κ2) is 3.34. The van der Waals surface area contributed by atoms with E-state index in [1.807, 2.05) is 30.3 Å². The quantitative estimate of drug-likeness (QED) is 0.843. The summed E-state index contributed by atoms with van der Waals surface area (Å²) in [6, 6.07) is 10.1. The minimum atomic E-state index is -0.320. The van der Waals surface area contributed by atoms with Crippen molar-refractivity contribution in [3.05, 3.63) is 30.3 Å². The molecule has 0 saturated heterocycles. The Morgan fingerprint density at radius 1 is 1.24 bits per heavy atom. The molecule has 2 aliphatic rings. The standard InChI is InChI=1S/C15H19NO/c1-14(2)11-8-9-15(14,13(17)10-11)16-12-6-4-3-5-7-12/h3-7,11,16H,8-10H2,1-2H3/t11-,15-/m1/s1. The fourth-order valence-electron chi connectivity index (χ4n) is 3.74. The first-order chi connectivity index (χ1) is 8.06. The molecule has 2 fully saturated rings. The zero-order valence-electron chi connectivity index (χ0n) is 10.5. The maximum Gasteiger partial charge on any atom is 0.158 e. The van der Waals surface area contributed by atoms with E-state index in [1.165, 1.54) is 6.42 Å². The van der Waals surface area contributed by atoms with Gasteiger partial charge in [-0.25, -0.2) is 0 Å². The second-order valence-corrected chi connectivity index (χ2v) is 5.98. The summed E-state index contributed by atoms with van der Waals surface area (Å²) in [4.78, 5) is 12.3. The number of hydrogen-bond acceptors (Lipinski definition) is 2. The largest absolute Gasteiger partial charge is 0.372 e. The number of anilines is 1. The number of Topliss-reactive ketones (excluding diaryl/α,β-unsaturated/α-hetero) is 1. The molecule has 1 aromatic rings. The summed E-state index contributed by atoms with van der Waals surface area (Å²) in [6.45, 7) is 4.48. The Balaban J connectivity index is 1.98. The molecule has 90 valence electrons. The van der Waals surface area contributed by atoms with Gasteiger partial charge in [-0.15, -0.1) is 0 Å². The average Bonchev–Trinajstić information content (AvgIpc) is 2.64. The van der Waals surface area contributed by atoms with Crippen molar-refractivity contribution in [3.8, 4) is 0 Å². The van der Waals surface area contributed by atoms with Crippen molar-refractivity contribution in [2.45, 2.75) is 38.6 Å². The SMILES string of the molecule is CC1(C)[C@@H]2CC[C@@]1(Nc1ccccc1)C(=O)C2. The Kier molecular flexibility index (Phi) is 2.13. The number of hydrogen-bond donors (Lipinski definition) is 1. The van der Waals surface area contributed by atoms with Gasteiger partial charge < -0.3 is 5.32 Å². The zero-order chi connectivity index (χ0) is 12.1. The van der Waals surface area contributed by atoms with Crippen LogP contribution in [0.25, 0.3) is 0 Å². The molecule has 17 heavy (non-hydrogen) atoms. The molecule has 0 aromatic heterocycles. The van der Waals surface area contributed by atoms with E-state index in [2.05, 4.69) is 19.2 Å². The van der Waals surface area contributed by atoms with Gasteiger partial charge in [-0.1, -0.05) is 32.0 Å². The summed E-state index contributed by atoms with van der Waals surface area (Å²) in [5.74, 6) is 0.966. The fourth-order valence-corrected chi connectivity index (χ4v) is 3.74. The molecule has 0 spiro atoms. The van der Waals surface area contributed by atoms with Crippen molar-refractivity contribution in [1.82, 2.24) is 0 Å². The zero-order valence-corrected chi connectivity index (χ0v) is 10.5. The Hall–Kier alpha value is -1.31. The lowest BCUT2D eigenvalue weighted by atomic mass is 9.75. The molecule has 0 heterocycles. The van der Waals surface area contributed by atoms with E-state index < -0.39 is 0 Å². The van der Waals surface area contributed by atoms with E-state index in [0.29, 0.717) is 11.7 Å². The van der Waals surface area contributed by atoms with Crippen molar-refractivity contribution in [2.24, 2.45) is 11.3 Å². The van der Waals surface area contributed by atoms with Gasteiger partial charge in [-0.05, 0) is 36.3 Å². The van der Waals surface area contributed by atoms with Crippen molar-refractivity contribution in [1.29, 1.82) is 0 Å². The summed E-state index contributed by atoms with van der Waals surface area (Å²) >= 11 is 0. The Labute approximate surface area is 102 Å². The van der Waals surface area contributed by atoms with Crippen LogP contribution in [-0.4, -0.2) is 11.3 Å². The van der Waals surface area contributed by atoms with Gasteiger partial charge in [-0.2, -0.15) is 0 Å². The van der Waals surface area contributed by atoms with E-state index >= 15 is 0 Å². The number of rotatable bonds is 2. The molecule has 2 aliphatic carbocycles. The Bertz CT molecular complexity index is 451. The molecule has 2 saturated carbocycles. The summed E-state index contributed by atoms with van der Waals surface area (Å²) in [5, 5.41) is 3.54. The minimum absolute atomic E-state index is 0.0833. The van der Waals surface area contributed by atoms with E-state index in [9.17, 15) is 4.79 Å². The summed E-state index contributed by atoms with van der Waals surface area (Å²) in [5.41, 5.74) is 0.829. The average molecular weight is 229 g/mol. The van der Waals surface area contributed by atoms with Crippen LogP contribution in [0, 0.1) is 11.3 Å². The van der Waals surface area contributed by atoms with Crippen LogP contribution in [0.15, 0.2) is 30.3 Å². The number of carbonyl (C=O) groups is 1. The van der Waals surface area contributed by atoms with E-state index in [0.717, 1.165) is 18.5 Å². The molecular formula is C15H19NO. The monoisotopic (exact) mass is 229 g/mol. The van der Waals surface area contributed by atoms with Gasteiger partial charge in [0.2, 0.25) is 0 Å². The van der Waals surface area contributed by atoms with Crippen LogP contribution >= 0.6 is 0 Å². The van der Waals surface area contributed by atoms with Gasteiger partial charge in [0.05, 0.1) is 0 Å². The minimum Gasteiger partial charge on any atom is -0.372 e. The van der Waals surface area contributed by atoms with Gasteiger partial charge in [0.25, 0.3) is 0 Å². The molecule has 0 amide bonds. The lowest BCUT2D eigenvalue weighted by molar-refractivity contribution is -0.123. The van der Waals surface area contributed by atoms with Crippen molar-refractivity contribution < 1.29 is 4.79 Å². The molecule has 1 N–H and O–H groups in total. The highest BCUT2D eigenvalue weighted by Crippen LogP contribution is 2.59. The van der Waals surface area contributed by atoms with Crippen LogP contribution in [0.3, 0.4) is 0 Å². The van der Waals surface area contributed by atoms with Gasteiger partial charge in [0.1, 0.15) is 5.54 Å². The van der Waals surface area contributed by atoms with E-state index in [4.69, 9.17) is 0 Å². The first-order valence-corrected chi connectivity index (χ1v) is 6.43. The molecule has 3 rings (SSSR count). The number of carbonyl (C=O) groups excluding carboxylic acids is 1. The van der Waals surface area contributed by atoms with Crippen LogP contribution in [0.4, 0.5) is 5.69 Å². The molecular weight excluding hydrogens is 210 g/mol. The predicted molar refractivity (Wildman–Crippen MR) is 68.9 cm³/mol. The first-order valence-electron chi connectivity index (χ1n) is 6.43. The summed E-state index contributed by atoms with van der Waals surface area (Å²) in [7, 11) is 0. The van der Waals surface area contributed by atoms with Gasteiger partial charge in [-0.3, -0.25) is 4.79 Å². The van der Waals surface area contributed by atoms with E-state index in [1.54, 1.807) is 0 Å². The van der Waals surface area contributed by atoms with Gasteiger partial charge in [0.15, 0.2) is 5.78 Å². The topological polar surface area (TPSA) is 29.1 Å². The Morgan fingerprint density at radius 3 is 2.47 bits per heavy atom. The smallest absolute Gasteiger partial charge is 0.158 e. The number of para-hydroxylation sites is 1. The second-order valence-electron chi connectivity index (χ2n) is 5.98. The summed E-state index contributed by atoms with van der Waals surface area (Å²) in [6.07, 6.45) is 2.92. The lowest BCUT2D eigenvalue weighted by Gasteiger charge is -2.38. The predicted octanol–water partition coefficient (Wildman–Crippen LogP) is 3.25. The normalized spacial score (nSPS) is 34.0.